The minimum absolute atomic E-state index is 0.0215. The van der Waals surface area contributed by atoms with E-state index >= 15 is 0 Å². The van der Waals surface area contributed by atoms with E-state index in [0.717, 1.165) is 40.0 Å². The molecule has 7 nitrogen and oxygen atoms in total. The van der Waals surface area contributed by atoms with Crippen LogP contribution in [-0.2, 0) is 32.6 Å². The van der Waals surface area contributed by atoms with Crippen LogP contribution in [0.2, 0.25) is 5.02 Å². The number of anilines is 1. The van der Waals surface area contributed by atoms with Crippen molar-refractivity contribution in [3.05, 3.63) is 130 Å². The van der Waals surface area contributed by atoms with E-state index in [4.69, 9.17) is 11.6 Å². The van der Waals surface area contributed by atoms with Crippen molar-refractivity contribution < 1.29 is 18.0 Å². The van der Waals surface area contributed by atoms with Gasteiger partial charge in [0, 0.05) is 28.5 Å². The van der Waals surface area contributed by atoms with Crippen molar-refractivity contribution in [1.82, 2.24) is 10.2 Å². The molecule has 5 rings (SSSR count). The summed E-state index contributed by atoms with van der Waals surface area (Å²) in [4.78, 5) is 30.1. The molecule has 1 saturated carbocycles. The molecule has 0 bridgehead atoms. The molecule has 0 saturated heterocycles. The second-order valence-electron chi connectivity index (χ2n) is 11.1. The molecule has 1 N–H and O–H groups in total. The van der Waals surface area contributed by atoms with Gasteiger partial charge in [-0.1, -0.05) is 107 Å². The average molecular weight is 709 g/mol. The van der Waals surface area contributed by atoms with Crippen molar-refractivity contribution in [2.45, 2.75) is 55.6 Å². The normalized spacial score (nSPS) is 14.1. The van der Waals surface area contributed by atoms with Crippen LogP contribution >= 0.6 is 27.5 Å². The molecule has 45 heavy (non-hydrogen) atoms. The largest absolute Gasteiger partial charge is 0.352 e. The summed E-state index contributed by atoms with van der Waals surface area (Å²) in [6.45, 7) is -0.501. The Balaban J connectivity index is 1.56. The molecule has 234 valence electrons. The van der Waals surface area contributed by atoms with E-state index in [1.807, 2.05) is 42.5 Å². The van der Waals surface area contributed by atoms with Crippen LogP contribution < -0.4 is 9.62 Å². The number of rotatable bonds is 12. The van der Waals surface area contributed by atoms with Crippen LogP contribution in [0.4, 0.5) is 5.69 Å². The van der Waals surface area contributed by atoms with Gasteiger partial charge >= 0.3 is 0 Å². The maximum absolute atomic E-state index is 14.5. The molecule has 0 aromatic heterocycles. The van der Waals surface area contributed by atoms with Crippen LogP contribution in [0.3, 0.4) is 0 Å². The lowest BCUT2D eigenvalue weighted by Gasteiger charge is -2.34. The van der Waals surface area contributed by atoms with Crippen molar-refractivity contribution in [2.24, 2.45) is 0 Å². The summed E-state index contributed by atoms with van der Waals surface area (Å²) in [7, 11) is -4.16. The maximum Gasteiger partial charge on any atom is 0.264 e. The lowest BCUT2D eigenvalue weighted by atomic mass is 10.0. The summed E-state index contributed by atoms with van der Waals surface area (Å²) >= 11 is 9.98. The molecule has 0 spiro atoms. The number of benzene rings is 4. The highest BCUT2D eigenvalue weighted by molar-refractivity contribution is 9.10. The number of nitrogens with zero attached hydrogens (tertiary/aromatic N) is 2. The second-order valence-corrected chi connectivity index (χ2v) is 14.3. The third-order valence-corrected chi connectivity index (χ3v) is 10.7. The van der Waals surface area contributed by atoms with E-state index in [-0.39, 0.29) is 29.8 Å². The minimum Gasteiger partial charge on any atom is -0.352 e. The average Bonchev–Trinajstić information content (AvgIpc) is 3.56. The predicted octanol–water partition coefficient (Wildman–Crippen LogP) is 7.00. The van der Waals surface area contributed by atoms with Crippen LogP contribution in [0.15, 0.2) is 119 Å². The van der Waals surface area contributed by atoms with Gasteiger partial charge in [-0.25, -0.2) is 8.42 Å². The fourth-order valence-electron chi connectivity index (χ4n) is 5.59. The van der Waals surface area contributed by atoms with E-state index in [9.17, 15) is 18.0 Å². The molecule has 1 fully saturated rings. The monoisotopic (exact) mass is 707 g/mol. The van der Waals surface area contributed by atoms with Crippen LogP contribution in [0.25, 0.3) is 0 Å². The number of hydrogen-bond donors (Lipinski definition) is 1. The zero-order chi connectivity index (χ0) is 31.8. The highest BCUT2D eigenvalue weighted by Crippen LogP contribution is 2.27. The quantitative estimate of drug-likeness (QED) is 0.172. The Morgan fingerprint density at radius 3 is 2.09 bits per heavy atom. The molecule has 4 aromatic carbocycles. The number of carbonyl (C=O) groups excluding carboxylic acids is 2. The molecule has 4 aromatic rings. The number of nitrogens with one attached hydrogen (secondary N) is 1. The van der Waals surface area contributed by atoms with Gasteiger partial charge in [-0.15, -0.1) is 0 Å². The lowest BCUT2D eigenvalue weighted by molar-refractivity contribution is -0.140. The third kappa shape index (κ3) is 8.34. The standard InChI is InChI=1S/C35H35BrClN3O4S/c36-28-19-21-30(22-20-28)40(45(43,44)31-16-5-2-6-17-31)25-34(41)39(24-27-13-7-10-18-32(27)37)33(23-26-11-3-1-4-12-26)35(42)38-29-14-8-9-15-29/h1-7,10-13,16-22,29,33H,8-9,14-15,23-25H2,(H,38,42)/t33-/m1/s1. The Hall–Kier alpha value is -3.66. The molecule has 0 aliphatic heterocycles. The van der Waals surface area contributed by atoms with Gasteiger partial charge in [0.1, 0.15) is 12.6 Å². The summed E-state index contributed by atoms with van der Waals surface area (Å²) in [5.74, 6) is -0.799. The summed E-state index contributed by atoms with van der Waals surface area (Å²) in [6, 6.07) is 30.6. The second kappa shape index (κ2) is 15.1. The Kier molecular flexibility index (Phi) is 11.0. The number of amides is 2. The van der Waals surface area contributed by atoms with E-state index in [1.54, 1.807) is 54.6 Å². The number of carbonyl (C=O) groups is 2. The fourth-order valence-corrected chi connectivity index (χ4v) is 7.48. The minimum atomic E-state index is -4.16. The highest BCUT2D eigenvalue weighted by Gasteiger charge is 2.35. The van der Waals surface area contributed by atoms with Crippen molar-refractivity contribution in [3.63, 3.8) is 0 Å². The van der Waals surface area contributed by atoms with Gasteiger partial charge in [0.15, 0.2) is 0 Å². The smallest absolute Gasteiger partial charge is 0.264 e. The first kappa shape index (κ1) is 32.7. The summed E-state index contributed by atoms with van der Waals surface area (Å²) in [5, 5.41) is 3.63. The first-order chi connectivity index (χ1) is 21.7. The molecule has 0 unspecified atom stereocenters. The van der Waals surface area contributed by atoms with Crippen LogP contribution in [0.1, 0.15) is 36.8 Å². The number of halogens is 2. The molecule has 0 heterocycles. The Morgan fingerprint density at radius 2 is 1.44 bits per heavy atom. The summed E-state index contributed by atoms with van der Waals surface area (Å²) < 4.78 is 30.0. The molecule has 1 atom stereocenters. The van der Waals surface area contributed by atoms with Crippen LogP contribution in [0, 0.1) is 0 Å². The van der Waals surface area contributed by atoms with E-state index in [0.29, 0.717) is 16.3 Å². The van der Waals surface area contributed by atoms with Gasteiger partial charge in [0.25, 0.3) is 10.0 Å². The van der Waals surface area contributed by atoms with Gasteiger partial charge in [-0.05, 0) is 66.4 Å². The highest BCUT2D eigenvalue weighted by atomic mass is 79.9. The van der Waals surface area contributed by atoms with Crippen molar-refractivity contribution >= 4 is 55.1 Å². The zero-order valence-corrected chi connectivity index (χ0v) is 27.8. The number of sulfonamides is 1. The van der Waals surface area contributed by atoms with Crippen molar-refractivity contribution in [1.29, 1.82) is 0 Å². The van der Waals surface area contributed by atoms with Crippen molar-refractivity contribution in [3.8, 4) is 0 Å². The molecular weight excluding hydrogens is 674 g/mol. The van der Waals surface area contributed by atoms with Gasteiger partial charge in [0.2, 0.25) is 11.8 Å². The van der Waals surface area contributed by atoms with E-state index in [2.05, 4.69) is 21.2 Å². The fraction of sp³-hybridized carbons (Fsp3) is 0.257. The SMILES string of the molecule is O=C(NC1CCCC1)[C@@H](Cc1ccccc1)N(Cc1ccccc1Cl)C(=O)CN(c1ccc(Br)cc1)S(=O)(=O)c1ccccc1. The first-order valence-electron chi connectivity index (χ1n) is 14.9. The molecule has 0 radical (unpaired) electrons. The Bertz CT molecular complexity index is 1700. The lowest BCUT2D eigenvalue weighted by Crippen LogP contribution is -2.54. The third-order valence-electron chi connectivity index (χ3n) is 8.00. The zero-order valence-electron chi connectivity index (χ0n) is 24.7. The Labute approximate surface area is 278 Å². The van der Waals surface area contributed by atoms with Gasteiger partial charge in [-0.2, -0.15) is 0 Å². The summed E-state index contributed by atoms with van der Waals surface area (Å²) in [5.41, 5.74) is 1.85. The molecular formula is C35H35BrClN3O4S. The van der Waals surface area contributed by atoms with E-state index < -0.39 is 28.5 Å². The molecule has 1 aliphatic rings. The summed E-state index contributed by atoms with van der Waals surface area (Å²) in [6.07, 6.45) is 4.09. The molecule has 1 aliphatic carbocycles. The molecule has 2 amide bonds. The Morgan fingerprint density at radius 1 is 0.844 bits per heavy atom. The predicted molar refractivity (Wildman–Crippen MR) is 181 cm³/mol. The maximum atomic E-state index is 14.5. The van der Waals surface area contributed by atoms with Crippen LogP contribution in [0.5, 0.6) is 0 Å². The van der Waals surface area contributed by atoms with E-state index in [1.165, 1.54) is 17.0 Å². The van der Waals surface area contributed by atoms with Gasteiger partial charge < -0.3 is 10.2 Å². The first-order valence-corrected chi connectivity index (χ1v) is 17.5. The van der Waals surface area contributed by atoms with Crippen LogP contribution in [-0.4, -0.2) is 43.8 Å². The van der Waals surface area contributed by atoms with Gasteiger partial charge in [-0.3, -0.25) is 13.9 Å². The topological polar surface area (TPSA) is 86.8 Å². The molecule has 10 heteroatoms. The van der Waals surface area contributed by atoms with Crippen molar-refractivity contribution in [2.75, 3.05) is 10.8 Å². The number of hydrogen-bond acceptors (Lipinski definition) is 4. The van der Waals surface area contributed by atoms with Gasteiger partial charge in [0.05, 0.1) is 10.6 Å².